The van der Waals surface area contributed by atoms with Gasteiger partial charge in [0.05, 0.1) is 18.4 Å². The Morgan fingerprint density at radius 1 is 1.07 bits per heavy atom. The quantitative estimate of drug-likeness (QED) is 0.270. The van der Waals surface area contributed by atoms with E-state index in [1.54, 1.807) is 30.3 Å². The van der Waals surface area contributed by atoms with Gasteiger partial charge in [-0.3, -0.25) is 9.78 Å². The summed E-state index contributed by atoms with van der Waals surface area (Å²) in [4.78, 5) is 26.1. The highest BCUT2D eigenvalue weighted by Crippen LogP contribution is 2.72. The smallest absolute Gasteiger partial charge is 0.405 e. The largest absolute Gasteiger partial charge is 0.573 e. The molecule has 4 saturated carbocycles. The Balaban J connectivity index is 0.960. The summed E-state index contributed by atoms with van der Waals surface area (Å²) >= 11 is 0. The first-order valence-corrected chi connectivity index (χ1v) is 15.3. The fourth-order valence-corrected chi connectivity index (χ4v) is 8.31. The zero-order chi connectivity index (χ0) is 31.8. The van der Waals surface area contributed by atoms with Crippen LogP contribution < -0.4 is 16.0 Å². The number of aromatic amines is 1. The first-order chi connectivity index (χ1) is 22.1. The number of halogens is 3. The Morgan fingerprint density at radius 3 is 2.46 bits per heavy atom. The van der Waals surface area contributed by atoms with Crippen molar-refractivity contribution in [1.82, 2.24) is 19.9 Å². The highest BCUT2D eigenvalue weighted by molar-refractivity contribution is 5.70. The van der Waals surface area contributed by atoms with Crippen LogP contribution in [0.4, 0.5) is 13.2 Å². The minimum Gasteiger partial charge on any atom is -0.405 e. The highest BCUT2D eigenvalue weighted by Gasteiger charge is 2.67. The van der Waals surface area contributed by atoms with Crippen LogP contribution >= 0.6 is 0 Å². The van der Waals surface area contributed by atoms with Gasteiger partial charge in [0, 0.05) is 17.0 Å². The van der Waals surface area contributed by atoms with Crippen molar-refractivity contribution in [3.8, 4) is 28.8 Å². The van der Waals surface area contributed by atoms with Crippen molar-refractivity contribution < 1.29 is 27.2 Å². The molecule has 4 fully saturated rings. The Hall–Kier alpha value is -4.70. The Kier molecular flexibility index (Phi) is 6.51. The van der Waals surface area contributed by atoms with E-state index in [0.29, 0.717) is 40.5 Å². The molecule has 10 nitrogen and oxygen atoms in total. The van der Waals surface area contributed by atoms with Gasteiger partial charge in [0.1, 0.15) is 23.3 Å². The standard InChI is InChI=1S/C33H28F3N5O5/c34-33(35,36)45-26-4-2-1-3-23(26)28-24(29(46-40-28)17-5-6-17)16-44-22-11-18-13-32(14-19(12-22)27(18)32)20-7-9-21(10-8-20)41-31(43)38-30(42)25(15-37)39-41/h1-4,7-10,17-19,22,27H,5-6,11-14,16H2,(H,38,42,43)/t18-,19+,22?,27?,32?. The normalized spacial score (nSPS) is 26.4. The van der Waals surface area contributed by atoms with Crippen LogP contribution in [0.25, 0.3) is 16.9 Å². The summed E-state index contributed by atoms with van der Waals surface area (Å²) in [7, 11) is 0. The number of nitrogens with zero attached hydrogens (tertiary/aromatic N) is 4. The number of benzene rings is 2. The molecule has 3 unspecified atom stereocenters. The number of rotatable bonds is 8. The SMILES string of the molecule is N#Cc1nn(-c2ccc(C34C[C@H]5CC(OCc6c(-c7ccccc7OC(F)(F)F)noc6C6CC6)C[C@@H](C3)C54)cc2)c(=O)[nH]c1=O. The van der Waals surface area contributed by atoms with Gasteiger partial charge >= 0.3 is 12.1 Å². The predicted octanol–water partition coefficient (Wildman–Crippen LogP) is 5.50. The molecule has 13 heteroatoms. The lowest BCUT2D eigenvalue weighted by atomic mass is 9.33. The van der Waals surface area contributed by atoms with Gasteiger partial charge in [0.15, 0.2) is 0 Å². The van der Waals surface area contributed by atoms with Crippen LogP contribution in [0, 0.1) is 29.1 Å². The van der Waals surface area contributed by atoms with Crippen LogP contribution in [0.1, 0.15) is 67.0 Å². The van der Waals surface area contributed by atoms with Gasteiger partial charge in [-0.2, -0.15) is 9.94 Å². The van der Waals surface area contributed by atoms with Gasteiger partial charge in [0.25, 0.3) is 5.56 Å². The van der Waals surface area contributed by atoms with E-state index in [9.17, 15) is 22.8 Å². The summed E-state index contributed by atoms with van der Waals surface area (Å²) < 4.78 is 56.9. The van der Waals surface area contributed by atoms with Crippen LogP contribution in [0.15, 0.2) is 62.6 Å². The second kappa shape index (κ2) is 10.4. The Labute approximate surface area is 259 Å². The third-order valence-corrected chi connectivity index (χ3v) is 10.3. The second-order valence-corrected chi connectivity index (χ2v) is 12.9. The van der Waals surface area contributed by atoms with Crippen molar-refractivity contribution in [3.05, 3.63) is 92.0 Å². The van der Waals surface area contributed by atoms with Crippen molar-refractivity contribution in [2.24, 2.45) is 17.8 Å². The zero-order valence-corrected chi connectivity index (χ0v) is 24.4. The molecule has 2 heterocycles. The van der Waals surface area contributed by atoms with Crippen molar-refractivity contribution in [2.75, 3.05) is 0 Å². The summed E-state index contributed by atoms with van der Waals surface area (Å²) in [6.07, 6.45) is 0.937. The van der Waals surface area contributed by atoms with Crippen LogP contribution in [-0.2, 0) is 16.8 Å². The topological polar surface area (TPSA) is 136 Å². The van der Waals surface area contributed by atoms with Crippen molar-refractivity contribution in [3.63, 3.8) is 0 Å². The molecule has 0 spiro atoms. The molecule has 46 heavy (non-hydrogen) atoms. The summed E-state index contributed by atoms with van der Waals surface area (Å²) in [5, 5.41) is 17.2. The van der Waals surface area contributed by atoms with E-state index in [0.717, 1.165) is 43.2 Å². The molecule has 0 aliphatic heterocycles. The number of alkyl halides is 3. The van der Waals surface area contributed by atoms with Gasteiger partial charge in [0.2, 0.25) is 5.69 Å². The zero-order valence-electron chi connectivity index (χ0n) is 24.4. The summed E-state index contributed by atoms with van der Waals surface area (Å²) in [5.41, 5.74) is 1.09. The average molecular weight is 632 g/mol. The molecule has 4 aromatic rings. The maximum atomic E-state index is 13.1. The molecule has 2 aromatic heterocycles. The highest BCUT2D eigenvalue weighted by atomic mass is 19.4. The molecule has 0 saturated heterocycles. The van der Waals surface area contributed by atoms with Crippen molar-refractivity contribution in [1.29, 1.82) is 5.26 Å². The van der Waals surface area contributed by atoms with Crippen LogP contribution in [0.3, 0.4) is 0 Å². The molecule has 0 radical (unpaired) electrons. The van der Waals surface area contributed by atoms with E-state index in [4.69, 9.17) is 14.5 Å². The lowest BCUT2D eigenvalue weighted by Gasteiger charge is -2.71. The predicted molar refractivity (Wildman–Crippen MR) is 155 cm³/mol. The molecule has 0 bridgehead atoms. The molecule has 2 aromatic carbocycles. The lowest BCUT2D eigenvalue weighted by Crippen LogP contribution is -2.67. The molecule has 5 atom stereocenters. The molecular weight excluding hydrogens is 603 g/mol. The average Bonchev–Trinajstić information content (AvgIpc) is 3.76. The van der Waals surface area contributed by atoms with E-state index < -0.39 is 17.6 Å². The lowest BCUT2D eigenvalue weighted by molar-refractivity contribution is -0.274. The van der Waals surface area contributed by atoms with Crippen molar-refractivity contribution in [2.45, 2.75) is 68.9 Å². The molecule has 1 N–H and O–H groups in total. The van der Waals surface area contributed by atoms with Gasteiger partial charge in [-0.1, -0.05) is 29.4 Å². The van der Waals surface area contributed by atoms with Gasteiger partial charge in [-0.15, -0.1) is 18.3 Å². The number of hydrogen-bond donors (Lipinski definition) is 1. The maximum Gasteiger partial charge on any atom is 0.573 e. The Morgan fingerprint density at radius 2 is 1.78 bits per heavy atom. The van der Waals surface area contributed by atoms with Gasteiger partial charge in [-0.05, 0) is 91.5 Å². The molecule has 236 valence electrons. The monoisotopic (exact) mass is 631 g/mol. The fourth-order valence-electron chi connectivity index (χ4n) is 8.31. The minimum atomic E-state index is -4.83. The number of aromatic nitrogens is 4. The first kappa shape index (κ1) is 28.8. The number of para-hydroxylation sites is 1. The van der Waals surface area contributed by atoms with Crippen LogP contribution in [0.5, 0.6) is 5.75 Å². The summed E-state index contributed by atoms with van der Waals surface area (Å²) in [6, 6.07) is 15.3. The van der Waals surface area contributed by atoms with E-state index in [1.165, 1.54) is 17.7 Å². The number of hydrogen-bond acceptors (Lipinski definition) is 8. The van der Waals surface area contributed by atoms with Crippen molar-refractivity contribution >= 4 is 0 Å². The van der Waals surface area contributed by atoms with E-state index >= 15 is 0 Å². The number of nitriles is 1. The van der Waals surface area contributed by atoms with Gasteiger partial charge < -0.3 is 14.0 Å². The molecule has 4 aliphatic rings. The van der Waals surface area contributed by atoms with E-state index in [2.05, 4.69) is 20.0 Å². The van der Waals surface area contributed by atoms with Crippen LogP contribution in [0.2, 0.25) is 0 Å². The second-order valence-electron chi connectivity index (χ2n) is 12.9. The third kappa shape index (κ3) is 4.74. The molecule has 4 aliphatic carbocycles. The number of ether oxygens (including phenoxy) is 2. The van der Waals surface area contributed by atoms with Gasteiger partial charge in [-0.25, -0.2) is 4.79 Å². The number of H-pyrrole nitrogens is 1. The molecule has 0 amide bonds. The molecular formula is C33H28F3N5O5. The minimum absolute atomic E-state index is 0.0240. The number of nitrogens with one attached hydrogen (secondary N) is 1. The third-order valence-electron chi connectivity index (χ3n) is 10.3. The van der Waals surface area contributed by atoms with Crippen LogP contribution in [-0.4, -0.2) is 32.4 Å². The summed E-state index contributed by atoms with van der Waals surface area (Å²) in [5.74, 6) is 2.10. The fraction of sp³-hybridized carbons (Fsp3) is 0.424. The first-order valence-electron chi connectivity index (χ1n) is 15.3. The maximum absolute atomic E-state index is 13.1. The van der Waals surface area contributed by atoms with E-state index in [1.807, 2.05) is 12.1 Å². The Bertz CT molecular complexity index is 1970. The summed E-state index contributed by atoms with van der Waals surface area (Å²) in [6.45, 7) is 0.206. The van der Waals surface area contributed by atoms with E-state index in [-0.39, 0.29) is 41.1 Å². The molecule has 8 rings (SSSR count).